The van der Waals surface area contributed by atoms with Gasteiger partial charge in [-0.1, -0.05) is 6.92 Å². The molecule has 1 fully saturated rings. The number of anilines is 1. The molecule has 0 radical (unpaired) electrons. The molecule has 1 aliphatic rings. The third-order valence-corrected chi connectivity index (χ3v) is 3.41. The summed E-state index contributed by atoms with van der Waals surface area (Å²) in [6, 6.07) is 3.26. The molecule has 2 N–H and O–H groups in total. The Labute approximate surface area is 106 Å². The molecule has 0 spiro atoms. The van der Waals surface area contributed by atoms with E-state index < -0.39 is 5.97 Å². The van der Waals surface area contributed by atoms with Crippen molar-refractivity contribution >= 4 is 11.8 Å². The summed E-state index contributed by atoms with van der Waals surface area (Å²) in [6.07, 6.45) is 3.44. The lowest BCUT2D eigenvalue weighted by Gasteiger charge is -2.33. The maximum absolute atomic E-state index is 10.7. The van der Waals surface area contributed by atoms with E-state index in [4.69, 9.17) is 9.84 Å². The van der Waals surface area contributed by atoms with Gasteiger partial charge in [0.05, 0.1) is 5.56 Å². The van der Waals surface area contributed by atoms with Gasteiger partial charge >= 0.3 is 5.97 Å². The summed E-state index contributed by atoms with van der Waals surface area (Å²) in [5.41, 5.74) is 0.434. The van der Waals surface area contributed by atoms with Crippen LogP contribution in [0.5, 0.6) is 0 Å². The standard InChI is InChI=1S/C13H18N2O3/c1-13(4-6-18-7-5-13)9-15-11-3-2-10(8-14-11)12(16)17/h2-3,8H,4-7,9H2,1H3,(H,14,15)(H,16,17). The van der Waals surface area contributed by atoms with Crippen LogP contribution < -0.4 is 5.32 Å². The molecule has 2 rings (SSSR count). The summed E-state index contributed by atoms with van der Waals surface area (Å²) in [6.45, 7) is 4.68. The maximum atomic E-state index is 10.7. The smallest absolute Gasteiger partial charge is 0.337 e. The zero-order valence-corrected chi connectivity index (χ0v) is 10.5. The van der Waals surface area contributed by atoms with Gasteiger partial charge in [-0.25, -0.2) is 9.78 Å². The predicted octanol–water partition coefficient (Wildman–Crippen LogP) is 2.01. The molecule has 2 heterocycles. The molecule has 0 bridgehead atoms. The first-order chi connectivity index (χ1) is 8.59. The first kappa shape index (κ1) is 12.8. The second-order valence-electron chi connectivity index (χ2n) is 5.01. The lowest BCUT2D eigenvalue weighted by atomic mass is 9.82. The lowest BCUT2D eigenvalue weighted by molar-refractivity contribution is 0.0299. The van der Waals surface area contributed by atoms with Crippen molar-refractivity contribution in [2.45, 2.75) is 19.8 Å². The highest BCUT2D eigenvalue weighted by Crippen LogP contribution is 2.29. The van der Waals surface area contributed by atoms with Gasteiger partial charge in [0.25, 0.3) is 0 Å². The third kappa shape index (κ3) is 3.20. The first-order valence-electron chi connectivity index (χ1n) is 6.10. The molecule has 1 aromatic heterocycles. The molecule has 98 valence electrons. The highest BCUT2D eigenvalue weighted by molar-refractivity contribution is 5.87. The second-order valence-corrected chi connectivity index (χ2v) is 5.01. The molecule has 1 saturated heterocycles. The second kappa shape index (κ2) is 5.35. The zero-order valence-electron chi connectivity index (χ0n) is 10.5. The number of hydrogen-bond acceptors (Lipinski definition) is 4. The molecular weight excluding hydrogens is 232 g/mol. The number of hydrogen-bond donors (Lipinski definition) is 2. The molecule has 1 aliphatic heterocycles. The largest absolute Gasteiger partial charge is 0.478 e. The fraction of sp³-hybridized carbons (Fsp3) is 0.538. The van der Waals surface area contributed by atoms with Crippen LogP contribution in [0, 0.1) is 5.41 Å². The van der Waals surface area contributed by atoms with Crippen molar-refractivity contribution < 1.29 is 14.6 Å². The lowest BCUT2D eigenvalue weighted by Crippen LogP contribution is -2.33. The van der Waals surface area contributed by atoms with E-state index in [0.29, 0.717) is 5.82 Å². The van der Waals surface area contributed by atoms with Crippen LogP contribution in [-0.2, 0) is 4.74 Å². The third-order valence-electron chi connectivity index (χ3n) is 3.41. The van der Waals surface area contributed by atoms with Crippen LogP contribution in [0.25, 0.3) is 0 Å². The number of rotatable bonds is 4. The van der Waals surface area contributed by atoms with Crippen molar-refractivity contribution in [3.8, 4) is 0 Å². The van der Waals surface area contributed by atoms with Crippen molar-refractivity contribution in [2.24, 2.45) is 5.41 Å². The minimum absolute atomic E-state index is 0.206. The molecule has 5 nitrogen and oxygen atoms in total. The molecule has 0 unspecified atom stereocenters. The molecular formula is C13H18N2O3. The molecule has 0 aromatic carbocycles. The van der Waals surface area contributed by atoms with Crippen molar-refractivity contribution in [1.82, 2.24) is 4.98 Å². The fourth-order valence-electron chi connectivity index (χ4n) is 1.97. The molecule has 0 atom stereocenters. The minimum atomic E-state index is -0.953. The normalized spacial score (nSPS) is 18.3. The van der Waals surface area contributed by atoms with E-state index in [0.717, 1.165) is 32.6 Å². The van der Waals surface area contributed by atoms with E-state index in [1.54, 1.807) is 12.1 Å². The van der Waals surface area contributed by atoms with Crippen molar-refractivity contribution in [1.29, 1.82) is 0 Å². The van der Waals surface area contributed by atoms with E-state index >= 15 is 0 Å². The van der Waals surface area contributed by atoms with E-state index in [1.807, 2.05) is 0 Å². The Kier molecular flexibility index (Phi) is 3.81. The van der Waals surface area contributed by atoms with E-state index in [9.17, 15) is 4.79 Å². The van der Waals surface area contributed by atoms with Crippen molar-refractivity contribution in [2.75, 3.05) is 25.1 Å². The monoisotopic (exact) mass is 250 g/mol. The van der Waals surface area contributed by atoms with Crippen LogP contribution in [0.3, 0.4) is 0 Å². The van der Waals surface area contributed by atoms with Gasteiger partial charge in [0, 0.05) is 26.0 Å². The Morgan fingerprint density at radius 1 is 1.50 bits per heavy atom. The van der Waals surface area contributed by atoms with Crippen molar-refractivity contribution in [3.63, 3.8) is 0 Å². The SMILES string of the molecule is CC1(CNc2ccc(C(=O)O)cn2)CCOCC1. The first-order valence-corrected chi connectivity index (χ1v) is 6.10. The quantitative estimate of drug-likeness (QED) is 0.855. The number of nitrogens with zero attached hydrogens (tertiary/aromatic N) is 1. The van der Waals surface area contributed by atoms with Crippen LogP contribution in [0.4, 0.5) is 5.82 Å². The van der Waals surface area contributed by atoms with E-state index in [-0.39, 0.29) is 11.0 Å². The number of ether oxygens (including phenoxy) is 1. The summed E-state index contributed by atoms with van der Waals surface area (Å²) >= 11 is 0. The fourth-order valence-corrected chi connectivity index (χ4v) is 1.97. The van der Waals surface area contributed by atoms with Crippen LogP contribution in [-0.4, -0.2) is 35.8 Å². The molecule has 0 aliphatic carbocycles. The van der Waals surface area contributed by atoms with E-state index in [1.165, 1.54) is 6.20 Å². The van der Waals surface area contributed by atoms with Gasteiger partial charge in [0.1, 0.15) is 5.82 Å². The van der Waals surface area contributed by atoms with Gasteiger partial charge in [0.2, 0.25) is 0 Å². The molecule has 1 aromatic rings. The van der Waals surface area contributed by atoms with Crippen molar-refractivity contribution in [3.05, 3.63) is 23.9 Å². The summed E-state index contributed by atoms with van der Waals surface area (Å²) in [7, 11) is 0. The Bertz CT molecular complexity index is 411. The number of pyridine rings is 1. The average Bonchev–Trinajstić information content (AvgIpc) is 2.38. The summed E-state index contributed by atoms with van der Waals surface area (Å²) in [5.74, 6) is -0.238. The van der Waals surface area contributed by atoms with Crippen LogP contribution in [0.1, 0.15) is 30.1 Å². The molecule has 5 heteroatoms. The number of carboxylic acid groups (broad SMARTS) is 1. The Balaban J connectivity index is 1.91. The number of aromatic nitrogens is 1. The maximum Gasteiger partial charge on any atom is 0.337 e. The van der Waals surface area contributed by atoms with Gasteiger partial charge in [-0.3, -0.25) is 0 Å². The van der Waals surface area contributed by atoms with Crippen LogP contribution in [0.2, 0.25) is 0 Å². The molecule has 0 amide bonds. The predicted molar refractivity (Wildman–Crippen MR) is 67.8 cm³/mol. The van der Waals surface area contributed by atoms with Gasteiger partial charge in [-0.05, 0) is 30.4 Å². The highest BCUT2D eigenvalue weighted by atomic mass is 16.5. The van der Waals surface area contributed by atoms with Gasteiger partial charge in [-0.2, -0.15) is 0 Å². The minimum Gasteiger partial charge on any atom is -0.478 e. The topological polar surface area (TPSA) is 71.5 Å². The number of carbonyl (C=O) groups is 1. The van der Waals surface area contributed by atoms with E-state index in [2.05, 4.69) is 17.2 Å². The highest BCUT2D eigenvalue weighted by Gasteiger charge is 2.27. The Morgan fingerprint density at radius 3 is 2.78 bits per heavy atom. The molecule has 18 heavy (non-hydrogen) atoms. The summed E-state index contributed by atoms with van der Waals surface area (Å²) in [5, 5.41) is 12.0. The number of carboxylic acids is 1. The van der Waals surface area contributed by atoms with Gasteiger partial charge in [-0.15, -0.1) is 0 Å². The zero-order chi connectivity index (χ0) is 13.0. The number of nitrogens with one attached hydrogen (secondary N) is 1. The summed E-state index contributed by atoms with van der Waals surface area (Å²) < 4.78 is 5.35. The summed E-state index contributed by atoms with van der Waals surface area (Å²) in [4.78, 5) is 14.8. The van der Waals surface area contributed by atoms with Gasteiger partial charge < -0.3 is 15.2 Å². The average molecular weight is 250 g/mol. The van der Waals surface area contributed by atoms with Crippen LogP contribution >= 0.6 is 0 Å². The van der Waals surface area contributed by atoms with Crippen LogP contribution in [0.15, 0.2) is 18.3 Å². The number of aromatic carboxylic acids is 1. The Hall–Kier alpha value is -1.62. The molecule has 0 saturated carbocycles. The van der Waals surface area contributed by atoms with Gasteiger partial charge in [0.15, 0.2) is 0 Å². The Morgan fingerprint density at radius 2 is 2.22 bits per heavy atom.